The molecule has 9 heteroatoms. The third-order valence-corrected chi connectivity index (χ3v) is 9.53. The maximum Gasteiger partial charge on any atom is 0.354 e. The van der Waals surface area contributed by atoms with Gasteiger partial charge in [0.05, 0.1) is 27.9 Å². The summed E-state index contributed by atoms with van der Waals surface area (Å²) in [7, 11) is 4.65. The van der Waals surface area contributed by atoms with Crippen LogP contribution in [0.25, 0.3) is 10.9 Å². The van der Waals surface area contributed by atoms with E-state index >= 15 is 0 Å². The Labute approximate surface area is 296 Å². The van der Waals surface area contributed by atoms with Crippen LogP contribution < -0.4 is 19.3 Å². The van der Waals surface area contributed by atoms with Gasteiger partial charge in [-0.05, 0) is 83.3 Å². The highest BCUT2D eigenvalue weighted by molar-refractivity contribution is 6.03. The summed E-state index contributed by atoms with van der Waals surface area (Å²) in [6.45, 7) is 0.683. The summed E-state index contributed by atoms with van der Waals surface area (Å²) >= 11 is 0. The van der Waals surface area contributed by atoms with Crippen molar-refractivity contribution in [3.05, 3.63) is 155 Å². The molecule has 1 N–H and O–H groups in total. The van der Waals surface area contributed by atoms with Crippen molar-refractivity contribution in [3.63, 3.8) is 0 Å². The van der Waals surface area contributed by atoms with Crippen LogP contribution >= 0.6 is 0 Å². The normalized spacial score (nSPS) is 12.4. The lowest BCUT2D eigenvalue weighted by Crippen LogP contribution is -2.43. The third kappa shape index (κ3) is 6.39. The lowest BCUT2D eigenvalue weighted by molar-refractivity contribution is -0.117. The Morgan fingerprint density at radius 2 is 1.33 bits per heavy atom. The smallest absolute Gasteiger partial charge is 0.354 e. The zero-order valence-corrected chi connectivity index (χ0v) is 28.8. The van der Waals surface area contributed by atoms with Crippen molar-refractivity contribution in [3.8, 4) is 11.5 Å². The molecule has 1 amide bonds. The van der Waals surface area contributed by atoms with Crippen molar-refractivity contribution in [2.24, 2.45) is 0 Å². The number of H-pyrrole nitrogens is 1. The van der Waals surface area contributed by atoms with E-state index < -0.39 is 11.6 Å². The summed E-state index contributed by atoms with van der Waals surface area (Å²) in [5.41, 5.74) is 5.58. The first-order chi connectivity index (χ1) is 24.9. The van der Waals surface area contributed by atoms with Gasteiger partial charge in [-0.3, -0.25) is 4.79 Å². The number of ether oxygens (including phenoxy) is 4. The van der Waals surface area contributed by atoms with Crippen LogP contribution in [0.2, 0.25) is 0 Å². The van der Waals surface area contributed by atoms with Crippen molar-refractivity contribution in [2.75, 3.05) is 50.9 Å². The Morgan fingerprint density at radius 3 is 1.92 bits per heavy atom. The highest BCUT2D eigenvalue weighted by Gasteiger charge is 2.39. The first kappa shape index (κ1) is 33.4. The van der Waals surface area contributed by atoms with Gasteiger partial charge in [-0.15, -0.1) is 0 Å². The maximum absolute atomic E-state index is 14.3. The predicted octanol–water partition coefficient (Wildman–Crippen LogP) is 7.33. The van der Waals surface area contributed by atoms with Gasteiger partial charge in [0.15, 0.2) is 0 Å². The number of rotatable bonds is 12. The van der Waals surface area contributed by atoms with Gasteiger partial charge in [0, 0.05) is 28.8 Å². The Morgan fingerprint density at radius 1 is 0.745 bits per heavy atom. The molecule has 0 atom stereocenters. The first-order valence-corrected chi connectivity index (χ1v) is 16.8. The van der Waals surface area contributed by atoms with Gasteiger partial charge in [-0.25, -0.2) is 4.79 Å². The SMILES string of the molecule is COC(=O)c1cc2c3c(ccc2[nH]1)N(C(=O)CN(COC(c1ccccc1)(c1ccc(OC)cc1)c1ccc(OC)cc1)c1ccccc1)CC3. The van der Waals surface area contributed by atoms with Crippen molar-refractivity contribution in [1.82, 2.24) is 4.98 Å². The molecule has 5 aromatic carbocycles. The minimum absolute atomic E-state index is 0.0662. The van der Waals surface area contributed by atoms with Gasteiger partial charge in [0.2, 0.25) is 5.91 Å². The molecule has 2 heterocycles. The fourth-order valence-electron chi connectivity index (χ4n) is 6.94. The summed E-state index contributed by atoms with van der Waals surface area (Å²) in [6.07, 6.45) is 0.671. The van der Waals surface area contributed by atoms with Crippen LogP contribution in [0.3, 0.4) is 0 Å². The zero-order valence-electron chi connectivity index (χ0n) is 28.8. The largest absolute Gasteiger partial charge is 0.497 e. The molecule has 258 valence electrons. The molecule has 1 aliphatic heterocycles. The molecule has 0 spiro atoms. The quantitative estimate of drug-likeness (QED) is 0.0822. The number of carbonyl (C=O) groups excluding carboxylic acids is 2. The molecule has 0 fully saturated rings. The molecule has 1 aliphatic rings. The van der Waals surface area contributed by atoms with Gasteiger partial charge in [0.25, 0.3) is 0 Å². The highest BCUT2D eigenvalue weighted by Crippen LogP contribution is 2.42. The van der Waals surface area contributed by atoms with E-state index in [2.05, 4.69) is 17.1 Å². The van der Waals surface area contributed by atoms with Crippen molar-refractivity contribution in [1.29, 1.82) is 0 Å². The standard InChI is InChI=1S/C42H39N3O6/c1-48-33-18-14-30(15-19-33)42(29-10-6-4-7-11-29,31-16-20-34(49-2)21-17-31)51-28-44(32-12-8-5-9-13-32)27-40(46)45-25-24-35-36-26-38(41(47)50-3)43-37(36)22-23-39(35)45/h4-23,26,43H,24-25,27-28H2,1-3H3. The number of esters is 1. The van der Waals surface area contributed by atoms with E-state index in [-0.39, 0.29) is 19.2 Å². The molecule has 9 nitrogen and oxygen atoms in total. The molecular weight excluding hydrogens is 642 g/mol. The summed E-state index contributed by atoms with van der Waals surface area (Å²) < 4.78 is 23.1. The number of hydrogen-bond donors (Lipinski definition) is 1. The highest BCUT2D eigenvalue weighted by atomic mass is 16.5. The van der Waals surface area contributed by atoms with Crippen molar-refractivity contribution >= 4 is 34.2 Å². The molecule has 0 saturated carbocycles. The lowest BCUT2D eigenvalue weighted by atomic mass is 9.80. The number of amides is 1. The van der Waals surface area contributed by atoms with Crippen LogP contribution in [0.1, 0.15) is 32.7 Å². The summed E-state index contributed by atoms with van der Waals surface area (Å²) in [5.74, 6) is 0.969. The fraction of sp³-hybridized carbons (Fsp3) is 0.190. The average molecular weight is 682 g/mol. The Hall–Kier alpha value is -6.06. The van der Waals surface area contributed by atoms with E-state index in [0.29, 0.717) is 18.7 Å². The van der Waals surface area contributed by atoms with Gasteiger partial charge >= 0.3 is 5.97 Å². The zero-order chi connectivity index (χ0) is 35.4. The van der Waals surface area contributed by atoms with E-state index in [1.165, 1.54) is 7.11 Å². The second-order valence-corrected chi connectivity index (χ2v) is 12.3. The molecule has 0 unspecified atom stereocenters. The Balaban J connectivity index is 1.25. The molecule has 0 bridgehead atoms. The van der Waals surface area contributed by atoms with Crippen molar-refractivity contribution < 1.29 is 28.5 Å². The monoisotopic (exact) mass is 681 g/mol. The molecule has 1 aromatic heterocycles. The van der Waals surface area contributed by atoms with Gasteiger partial charge in [-0.1, -0.05) is 72.8 Å². The summed E-state index contributed by atoms with van der Waals surface area (Å²) in [4.78, 5) is 33.4. The fourth-order valence-corrected chi connectivity index (χ4v) is 6.94. The number of para-hydroxylation sites is 1. The molecule has 0 saturated heterocycles. The third-order valence-electron chi connectivity index (χ3n) is 9.53. The number of methoxy groups -OCH3 is 3. The molecule has 6 aromatic rings. The number of anilines is 2. The number of benzene rings is 5. The van der Waals surface area contributed by atoms with Crippen LogP contribution in [-0.4, -0.2) is 58.0 Å². The van der Waals surface area contributed by atoms with Crippen molar-refractivity contribution in [2.45, 2.75) is 12.0 Å². The van der Waals surface area contributed by atoms with Crippen LogP contribution in [0.15, 0.2) is 127 Å². The second kappa shape index (κ2) is 14.4. The Kier molecular flexibility index (Phi) is 9.46. The number of hydrogen-bond acceptors (Lipinski definition) is 7. The maximum atomic E-state index is 14.3. The van der Waals surface area contributed by atoms with E-state index in [1.807, 2.05) is 119 Å². The first-order valence-electron chi connectivity index (χ1n) is 16.8. The van der Waals surface area contributed by atoms with E-state index in [4.69, 9.17) is 18.9 Å². The van der Waals surface area contributed by atoms with Gasteiger partial charge < -0.3 is 33.7 Å². The van der Waals surface area contributed by atoms with E-state index in [9.17, 15) is 9.59 Å². The number of nitrogens with zero attached hydrogens (tertiary/aromatic N) is 2. The van der Waals surface area contributed by atoms with Crippen LogP contribution in [-0.2, 0) is 26.3 Å². The number of nitrogens with one attached hydrogen (secondary N) is 1. The molecule has 0 radical (unpaired) electrons. The Bertz CT molecular complexity index is 2080. The second-order valence-electron chi connectivity index (χ2n) is 12.3. The average Bonchev–Trinajstić information content (AvgIpc) is 3.84. The number of aromatic amines is 1. The van der Waals surface area contributed by atoms with E-state index in [0.717, 1.165) is 56.0 Å². The minimum Gasteiger partial charge on any atom is -0.497 e. The predicted molar refractivity (Wildman–Crippen MR) is 198 cm³/mol. The summed E-state index contributed by atoms with van der Waals surface area (Å²) in [5, 5.41) is 0.915. The topological polar surface area (TPSA) is 93.3 Å². The van der Waals surface area contributed by atoms with Crippen LogP contribution in [0.4, 0.5) is 11.4 Å². The molecular formula is C42H39N3O6. The lowest BCUT2D eigenvalue weighted by Gasteiger charge is -2.38. The minimum atomic E-state index is -1.06. The molecule has 51 heavy (non-hydrogen) atoms. The van der Waals surface area contributed by atoms with Gasteiger partial charge in [-0.2, -0.15) is 0 Å². The summed E-state index contributed by atoms with van der Waals surface area (Å²) in [6, 6.07) is 41.4. The van der Waals surface area contributed by atoms with Gasteiger partial charge in [0.1, 0.15) is 29.5 Å². The molecule has 0 aliphatic carbocycles. The number of fused-ring (bicyclic) bond motifs is 3. The number of carbonyl (C=O) groups is 2. The number of aromatic nitrogens is 1. The van der Waals surface area contributed by atoms with E-state index in [1.54, 1.807) is 20.3 Å². The van der Waals surface area contributed by atoms with Crippen LogP contribution in [0, 0.1) is 0 Å². The van der Waals surface area contributed by atoms with Crippen LogP contribution in [0.5, 0.6) is 11.5 Å². The molecule has 7 rings (SSSR count).